The van der Waals surface area contributed by atoms with Gasteiger partial charge in [0, 0.05) is 10.6 Å². The molecule has 0 atom stereocenters. The molecule has 6 nitrogen and oxygen atoms in total. The summed E-state index contributed by atoms with van der Waals surface area (Å²) in [6, 6.07) is 27.2. The van der Waals surface area contributed by atoms with Crippen molar-refractivity contribution >= 4 is 21.4 Å². The maximum Gasteiger partial charge on any atom is 0.233 e. The van der Waals surface area contributed by atoms with Crippen LogP contribution in [0.1, 0.15) is 16.8 Å². The molecule has 6 rings (SSSR count). The van der Waals surface area contributed by atoms with Gasteiger partial charge in [0.15, 0.2) is 0 Å². The average Bonchev–Trinajstić information content (AvgIpc) is 3.37. The molecule has 0 spiro atoms. The number of ether oxygens (including phenoxy) is 1. The van der Waals surface area contributed by atoms with Gasteiger partial charge in [0.1, 0.15) is 11.5 Å². The molecule has 0 amide bonds. The summed E-state index contributed by atoms with van der Waals surface area (Å²) in [6.07, 6.45) is 3.11. The minimum atomic E-state index is -3.85. The summed E-state index contributed by atoms with van der Waals surface area (Å²) in [6.45, 7) is 0.195. The SMILES string of the molecule is O=S(=O)(c1ccccc1)c1cc2c(nc1OCc1ccccc1)-c1cnn(-c3ccc(Cl)cc3)c1CC2. The molecular weight excluding hydrogens is 506 g/mol. The lowest BCUT2D eigenvalue weighted by Crippen LogP contribution is -2.14. The predicted molar refractivity (Wildman–Crippen MR) is 142 cm³/mol. The normalized spacial score (nSPS) is 12.6. The Hall–Kier alpha value is -3.94. The van der Waals surface area contributed by atoms with Gasteiger partial charge in [-0.25, -0.2) is 18.1 Å². The Labute approximate surface area is 220 Å². The first-order chi connectivity index (χ1) is 18.0. The Bertz CT molecular complexity index is 1680. The van der Waals surface area contributed by atoms with E-state index in [9.17, 15) is 8.42 Å². The molecule has 0 N–H and O–H groups in total. The van der Waals surface area contributed by atoms with Crippen LogP contribution in [0.2, 0.25) is 5.02 Å². The van der Waals surface area contributed by atoms with E-state index >= 15 is 0 Å². The Morgan fingerprint density at radius 1 is 0.892 bits per heavy atom. The van der Waals surface area contributed by atoms with E-state index in [1.54, 1.807) is 42.6 Å². The zero-order valence-electron chi connectivity index (χ0n) is 19.7. The van der Waals surface area contributed by atoms with Crippen LogP contribution in [0.3, 0.4) is 0 Å². The minimum absolute atomic E-state index is 0.0712. The fourth-order valence-corrected chi connectivity index (χ4v) is 6.09. The summed E-state index contributed by atoms with van der Waals surface area (Å²) in [7, 11) is -3.85. The number of pyridine rings is 1. The van der Waals surface area contributed by atoms with Gasteiger partial charge in [-0.05, 0) is 66.4 Å². The minimum Gasteiger partial charge on any atom is -0.472 e. The summed E-state index contributed by atoms with van der Waals surface area (Å²) in [5, 5.41) is 5.27. The molecule has 184 valence electrons. The number of halogens is 1. The zero-order valence-corrected chi connectivity index (χ0v) is 21.3. The number of aromatic nitrogens is 3. The molecule has 0 saturated carbocycles. The lowest BCUT2D eigenvalue weighted by Gasteiger charge is -2.20. The number of hydrogen-bond acceptors (Lipinski definition) is 5. The van der Waals surface area contributed by atoms with E-state index in [1.807, 2.05) is 59.3 Å². The van der Waals surface area contributed by atoms with E-state index in [0.29, 0.717) is 23.6 Å². The maximum atomic E-state index is 13.7. The van der Waals surface area contributed by atoms with Gasteiger partial charge in [0.25, 0.3) is 0 Å². The van der Waals surface area contributed by atoms with Crippen LogP contribution in [0.5, 0.6) is 5.88 Å². The molecule has 1 aliphatic rings. The number of nitrogens with zero attached hydrogens (tertiary/aromatic N) is 3. The van der Waals surface area contributed by atoms with Gasteiger partial charge < -0.3 is 4.74 Å². The van der Waals surface area contributed by atoms with Crippen molar-refractivity contribution in [2.75, 3.05) is 0 Å². The van der Waals surface area contributed by atoms with Gasteiger partial charge >= 0.3 is 0 Å². The average molecular weight is 528 g/mol. The van der Waals surface area contributed by atoms with Crippen molar-refractivity contribution in [3.63, 3.8) is 0 Å². The van der Waals surface area contributed by atoms with Crippen LogP contribution >= 0.6 is 11.6 Å². The molecule has 37 heavy (non-hydrogen) atoms. The number of benzene rings is 3. The third-order valence-electron chi connectivity index (χ3n) is 6.42. The molecular formula is C29H22ClN3O3S. The largest absolute Gasteiger partial charge is 0.472 e. The van der Waals surface area contributed by atoms with Crippen molar-refractivity contribution in [1.82, 2.24) is 14.8 Å². The molecule has 0 fully saturated rings. The Balaban J connectivity index is 1.47. The van der Waals surface area contributed by atoms with E-state index in [4.69, 9.17) is 21.3 Å². The molecule has 0 radical (unpaired) electrons. The second-order valence-corrected chi connectivity index (χ2v) is 11.1. The molecule has 0 saturated heterocycles. The number of rotatable bonds is 6. The smallest absolute Gasteiger partial charge is 0.233 e. The first-order valence-corrected chi connectivity index (χ1v) is 13.7. The zero-order chi connectivity index (χ0) is 25.4. The third-order valence-corrected chi connectivity index (χ3v) is 8.44. The van der Waals surface area contributed by atoms with Crippen LogP contribution in [0.25, 0.3) is 16.9 Å². The van der Waals surface area contributed by atoms with Gasteiger partial charge in [-0.1, -0.05) is 60.1 Å². The van der Waals surface area contributed by atoms with E-state index in [-0.39, 0.29) is 22.3 Å². The lowest BCUT2D eigenvalue weighted by molar-refractivity contribution is 0.285. The van der Waals surface area contributed by atoms with E-state index in [2.05, 4.69) is 5.10 Å². The van der Waals surface area contributed by atoms with Crippen LogP contribution < -0.4 is 4.74 Å². The summed E-state index contributed by atoms with van der Waals surface area (Å²) in [5.74, 6) is 0.0820. The molecule has 5 aromatic rings. The monoisotopic (exact) mass is 527 g/mol. The van der Waals surface area contributed by atoms with E-state index in [0.717, 1.165) is 28.1 Å². The highest BCUT2D eigenvalue weighted by Gasteiger charge is 2.30. The van der Waals surface area contributed by atoms with Gasteiger partial charge in [0.2, 0.25) is 15.7 Å². The molecule has 8 heteroatoms. The molecule has 1 aliphatic carbocycles. The topological polar surface area (TPSA) is 74.1 Å². The van der Waals surface area contributed by atoms with Crippen LogP contribution in [0.4, 0.5) is 0 Å². The number of sulfone groups is 1. The third kappa shape index (κ3) is 4.41. The van der Waals surface area contributed by atoms with Crippen LogP contribution in [0, 0.1) is 0 Å². The summed E-state index contributed by atoms with van der Waals surface area (Å²) in [4.78, 5) is 5.08. The second-order valence-electron chi connectivity index (χ2n) is 8.78. The Morgan fingerprint density at radius 3 is 2.32 bits per heavy atom. The number of fused-ring (bicyclic) bond motifs is 3. The number of hydrogen-bond donors (Lipinski definition) is 0. The van der Waals surface area contributed by atoms with E-state index < -0.39 is 9.84 Å². The molecule has 0 bridgehead atoms. The highest BCUT2D eigenvalue weighted by molar-refractivity contribution is 7.91. The Kier molecular flexibility index (Phi) is 6.02. The van der Waals surface area contributed by atoms with Gasteiger partial charge in [-0.2, -0.15) is 5.10 Å². The van der Waals surface area contributed by atoms with Crippen molar-refractivity contribution in [1.29, 1.82) is 0 Å². The van der Waals surface area contributed by atoms with Crippen molar-refractivity contribution in [3.8, 4) is 22.8 Å². The predicted octanol–water partition coefficient (Wildman–Crippen LogP) is 6.10. The van der Waals surface area contributed by atoms with Crippen molar-refractivity contribution in [2.45, 2.75) is 29.2 Å². The van der Waals surface area contributed by atoms with Gasteiger partial charge in [0.05, 0.1) is 28.2 Å². The summed E-state index contributed by atoms with van der Waals surface area (Å²) in [5.41, 5.74) is 5.24. The van der Waals surface area contributed by atoms with E-state index in [1.165, 1.54) is 0 Å². The molecule has 2 aromatic heterocycles. The van der Waals surface area contributed by atoms with Crippen LogP contribution in [-0.4, -0.2) is 23.2 Å². The first kappa shape index (κ1) is 23.5. The van der Waals surface area contributed by atoms with Gasteiger partial charge in [-0.15, -0.1) is 0 Å². The summed E-state index contributed by atoms with van der Waals surface area (Å²) < 4.78 is 35.3. The van der Waals surface area contributed by atoms with Crippen molar-refractivity contribution in [3.05, 3.63) is 119 Å². The van der Waals surface area contributed by atoms with Gasteiger partial charge in [-0.3, -0.25) is 0 Å². The quantitative estimate of drug-likeness (QED) is 0.267. The second kappa shape index (κ2) is 9.50. The fraction of sp³-hybridized carbons (Fsp3) is 0.103. The van der Waals surface area contributed by atoms with Crippen LogP contribution in [-0.2, 0) is 29.3 Å². The van der Waals surface area contributed by atoms with Crippen molar-refractivity contribution in [2.24, 2.45) is 0 Å². The maximum absolute atomic E-state index is 13.7. The fourth-order valence-electron chi connectivity index (χ4n) is 4.56. The highest BCUT2D eigenvalue weighted by Crippen LogP contribution is 2.39. The molecule has 0 unspecified atom stereocenters. The van der Waals surface area contributed by atoms with Crippen LogP contribution in [0.15, 0.2) is 107 Å². The highest BCUT2D eigenvalue weighted by atomic mass is 35.5. The summed E-state index contributed by atoms with van der Waals surface area (Å²) >= 11 is 6.07. The standard InChI is InChI=1S/C29H22ClN3O3S/c30-22-12-14-23(15-13-22)33-26-16-11-21-17-27(37(34,35)24-9-5-2-6-10-24)29(32-28(21)25(26)18-31-33)36-19-20-7-3-1-4-8-20/h1-10,12-15,17-18H,11,16,19H2. The number of aryl methyl sites for hydroxylation is 1. The Morgan fingerprint density at radius 2 is 1.59 bits per heavy atom. The first-order valence-electron chi connectivity index (χ1n) is 11.8. The molecule has 0 aliphatic heterocycles. The van der Waals surface area contributed by atoms with Crippen molar-refractivity contribution < 1.29 is 13.2 Å². The molecule has 3 aromatic carbocycles. The molecule has 2 heterocycles. The lowest BCUT2D eigenvalue weighted by atomic mass is 9.94.